The summed E-state index contributed by atoms with van der Waals surface area (Å²) in [4.78, 5) is 0. The van der Waals surface area contributed by atoms with Crippen molar-refractivity contribution in [3.63, 3.8) is 0 Å². The molecule has 0 saturated carbocycles. The van der Waals surface area contributed by atoms with Crippen molar-refractivity contribution < 1.29 is 68.9 Å². The van der Waals surface area contributed by atoms with Crippen LogP contribution in [0.3, 0.4) is 0 Å². The molecule has 1 rings (SSSR count). The fourth-order valence-corrected chi connectivity index (χ4v) is 0.957. The van der Waals surface area contributed by atoms with Gasteiger partial charge in [0, 0.05) is 0 Å². The second kappa shape index (κ2) is 4.81. The largest absolute Gasteiger partial charge is 1.00 e. The first-order chi connectivity index (χ1) is 2.89. The van der Waals surface area contributed by atoms with Crippen molar-refractivity contribution in [1.29, 1.82) is 0 Å². The molecule has 0 bridgehead atoms. The van der Waals surface area contributed by atoms with Crippen molar-refractivity contribution >= 4 is 24.0 Å². The van der Waals surface area contributed by atoms with E-state index in [1.165, 1.54) is 0 Å². The van der Waals surface area contributed by atoms with E-state index >= 15 is 0 Å². The average molecular weight is 248 g/mol. The number of thiophene rings is 1. The van der Waals surface area contributed by atoms with E-state index in [9.17, 15) is 0 Å². The quantitative estimate of drug-likeness (QED) is 0.512. The minimum Gasteiger partial charge on any atom is -0.428 e. The van der Waals surface area contributed by atoms with Gasteiger partial charge in [-0.3, -0.25) is 0 Å². The second-order valence-corrected chi connectivity index (χ2v) is 2.58. The predicted molar refractivity (Wildman–Crippen MR) is 29.9 cm³/mol. The SMILES string of the molecule is [Cs+].[S-]c1cccs1. The molecule has 0 aromatic carbocycles. The fraction of sp³-hybridized carbons (Fsp3) is 0. The third kappa shape index (κ3) is 3.53. The monoisotopic (exact) mass is 248 g/mol. The van der Waals surface area contributed by atoms with Crippen molar-refractivity contribution in [2.75, 3.05) is 0 Å². The predicted octanol–water partition coefficient (Wildman–Crippen LogP) is -1.34. The molecule has 0 amide bonds. The van der Waals surface area contributed by atoms with Crippen LogP contribution < -0.4 is 68.9 Å². The number of hydrogen-bond acceptors (Lipinski definition) is 2. The summed E-state index contributed by atoms with van der Waals surface area (Å²) >= 11 is 6.36. The first-order valence-electron chi connectivity index (χ1n) is 1.60. The van der Waals surface area contributed by atoms with Gasteiger partial charge in [0.15, 0.2) is 0 Å². The summed E-state index contributed by atoms with van der Waals surface area (Å²) in [5.74, 6) is 0. The molecule has 0 N–H and O–H groups in total. The fourth-order valence-electron chi connectivity index (χ4n) is 0.263. The Morgan fingerprint density at radius 2 is 2.29 bits per heavy atom. The third-order valence-electron chi connectivity index (χ3n) is 0.495. The van der Waals surface area contributed by atoms with Crippen molar-refractivity contribution in [3.05, 3.63) is 17.5 Å². The van der Waals surface area contributed by atoms with Crippen LogP contribution >= 0.6 is 11.3 Å². The van der Waals surface area contributed by atoms with Gasteiger partial charge < -0.3 is 24.0 Å². The summed E-state index contributed by atoms with van der Waals surface area (Å²) in [5.41, 5.74) is 0. The molecular weight excluding hydrogens is 245 g/mol. The van der Waals surface area contributed by atoms with Gasteiger partial charge in [-0.1, -0.05) is 12.1 Å². The Balaban J connectivity index is 0.000000360. The normalized spacial score (nSPS) is 7.43. The molecule has 0 aliphatic carbocycles. The maximum absolute atomic E-state index is 4.76. The molecule has 0 spiro atoms. The van der Waals surface area contributed by atoms with Crippen LogP contribution in [0.5, 0.6) is 0 Å². The molecule has 1 aromatic heterocycles. The summed E-state index contributed by atoms with van der Waals surface area (Å²) in [6.45, 7) is 0. The van der Waals surface area contributed by atoms with Gasteiger partial charge in [-0.15, -0.1) is 9.59 Å². The zero-order valence-electron chi connectivity index (χ0n) is 4.05. The molecule has 32 valence electrons. The summed E-state index contributed by atoms with van der Waals surface area (Å²) < 4.78 is 0.968. The maximum Gasteiger partial charge on any atom is 1.00 e. The van der Waals surface area contributed by atoms with E-state index in [2.05, 4.69) is 0 Å². The Kier molecular flexibility index (Phi) is 6.17. The molecular formula is C4H3CsS2. The molecule has 0 radical (unpaired) electrons. The zero-order chi connectivity index (χ0) is 4.41. The molecule has 0 saturated heterocycles. The minimum absolute atomic E-state index is 0. The Hall–Kier alpha value is 1.97. The van der Waals surface area contributed by atoms with Crippen molar-refractivity contribution in [2.45, 2.75) is 4.21 Å². The molecule has 0 nitrogen and oxygen atoms in total. The van der Waals surface area contributed by atoms with Crippen LogP contribution in [0.15, 0.2) is 21.7 Å². The van der Waals surface area contributed by atoms with E-state index in [0.717, 1.165) is 4.21 Å². The maximum atomic E-state index is 4.76. The van der Waals surface area contributed by atoms with Crippen molar-refractivity contribution in [3.8, 4) is 0 Å². The molecule has 7 heavy (non-hydrogen) atoms. The summed E-state index contributed by atoms with van der Waals surface area (Å²) in [6.07, 6.45) is 0. The van der Waals surface area contributed by atoms with Gasteiger partial charge in [0.1, 0.15) is 0 Å². The van der Waals surface area contributed by atoms with Crippen LogP contribution in [0.25, 0.3) is 0 Å². The smallest absolute Gasteiger partial charge is 0.428 e. The van der Waals surface area contributed by atoms with Gasteiger partial charge in [0.05, 0.1) is 0 Å². The van der Waals surface area contributed by atoms with Crippen LogP contribution in [0, 0.1) is 0 Å². The van der Waals surface area contributed by atoms with E-state index in [4.69, 9.17) is 12.6 Å². The Labute approximate surface area is 112 Å². The van der Waals surface area contributed by atoms with Gasteiger partial charge in [0.25, 0.3) is 0 Å². The minimum atomic E-state index is 0. The van der Waals surface area contributed by atoms with Crippen molar-refractivity contribution in [1.82, 2.24) is 0 Å². The third-order valence-corrected chi connectivity index (χ3v) is 1.58. The standard InChI is InChI=1S/C4H4S2.Cs/c5-4-2-1-3-6-4;/h1-3,5H;/q;+1/p-1. The van der Waals surface area contributed by atoms with E-state index in [1.807, 2.05) is 17.5 Å². The van der Waals surface area contributed by atoms with Crippen LogP contribution in [-0.4, -0.2) is 0 Å². The Morgan fingerprint density at radius 3 is 2.43 bits per heavy atom. The Bertz CT molecular complexity index is 113. The first kappa shape index (κ1) is 8.97. The molecule has 1 aromatic rings. The molecule has 1 heterocycles. The van der Waals surface area contributed by atoms with Crippen LogP contribution in [0.2, 0.25) is 0 Å². The van der Waals surface area contributed by atoms with Gasteiger partial charge in [-0.05, 0) is 0 Å². The van der Waals surface area contributed by atoms with Crippen LogP contribution in [0.4, 0.5) is 0 Å². The average Bonchev–Trinajstić information content (AvgIpc) is 1.86. The van der Waals surface area contributed by atoms with E-state index in [0.29, 0.717) is 0 Å². The van der Waals surface area contributed by atoms with Crippen LogP contribution in [-0.2, 0) is 12.6 Å². The second-order valence-electron chi connectivity index (χ2n) is 0.932. The zero-order valence-corrected chi connectivity index (χ0v) is 12.0. The van der Waals surface area contributed by atoms with Crippen molar-refractivity contribution in [2.24, 2.45) is 0 Å². The summed E-state index contributed by atoms with van der Waals surface area (Å²) in [7, 11) is 0. The molecule has 0 fully saturated rings. The summed E-state index contributed by atoms with van der Waals surface area (Å²) in [6, 6.07) is 3.87. The summed E-state index contributed by atoms with van der Waals surface area (Å²) in [5, 5.41) is 1.97. The van der Waals surface area contributed by atoms with Gasteiger partial charge in [-0.2, -0.15) is 0 Å². The van der Waals surface area contributed by atoms with E-state index in [1.54, 1.807) is 11.3 Å². The number of rotatable bonds is 0. The Morgan fingerprint density at radius 1 is 1.57 bits per heavy atom. The van der Waals surface area contributed by atoms with E-state index < -0.39 is 0 Å². The molecule has 0 unspecified atom stereocenters. The van der Waals surface area contributed by atoms with E-state index in [-0.39, 0.29) is 68.9 Å². The molecule has 0 aliphatic heterocycles. The molecule has 0 atom stereocenters. The topological polar surface area (TPSA) is 0 Å². The van der Waals surface area contributed by atoms with Crippen LogP contribution in [0.1, 0.15) is 0 Å². The number of hydrogen-bond donors (Lipinski definition) is 0. The van der Waals surface area contributed by atoms with Gasteiger partial charge >= 0.3 is 68.9 Å². The van der Waals surface area contributed by atoms with Gasteiger partial charge in [0.2, 0.25) is 0 Å². The first-order valence-corrected chi connectivity index (χ1v) is 2.89. The molecule has 0 aliphatic rings. The van der Waals surface area contributed by atoms with Gasteiger partial charge in [-0.25, -0.2) is 0 Å². The molecule has 3 heteroatoms.